The van der Waals surface area contributed by atoms with Gasteiger partial charge < -0.3 is 20.1 Å². The Kier molecular flexibility index (Phi) is 8.38. The highest BCUT2D eigenvalue weighted by molar-refractivity contribution is 6.01. The van der Waals surface area contributed by atoms with Crippen molar-refractivity contribution in [2.75, 3.05) is 56.2 Å². The molecule has 1 atom stereocenters. The minimum atomic E-state index is -0.450. The first-order valence-electron chi connectivity index (χ1n) is 10.4. The number of carbonyl (C=O) groups excluding carboxylic acids is 1. The first-order valence-corrected chi connectivity index (χ1v) is 10.4. The molecule has 1 saturated heterocycles. The standard InChI is InChI=1S/C23H30N4O3/c1-2-30-18-21(28)17-26-12-14-27(15-13-26)22-10-9-20(16-24-22)25-23(29)11-8-19-6-4-3-5-7-19/h3-11,16,21,28H,2,12-15,17-18H2,1H3,(H,25,29)/b11-8+/t21-/m0/s1. The Bertz CT molecular complexity index is 803. The van der Waals surface area contributed by atoms with Crippen LogP contribution in [-0.4, -0.2) is 72.9 Å². The fraction of sp³-hybridized carbons (Fsp3) is 0.391. The molecule has 3 rings (SSSR count). The number of aliphatic hydroxyl groups is 1. The van der Waals surface area contributed by atoms with E-state index in [1.165, 1.54) is 6.08 Å². The van der Waals surface area contributed by atoms with Crippen molar-refractivity contribution < 1.29 is 14.6 Å². The van der Waals surface area contributed by atoms with Gasteiger partial charge in [-0.25, -0.2) is 4.98 Å². The number of carbonyl (C=O) groups is 1. The average Bonchev–Trinajstić information content (AvgIpc) is 2.78. The number of piperazine rings is 1. The summed E-state index contributed by atoms with van der Waals surface area (Å²) in [6.07, 6.45) is 4.53. The minimum absolute atomic E-state index is 0.187. The molecule has 0 spiro atoms. The van der Waals surface area contributed by atoms with Crippen LogP contribution in [0.1, 0.15) is 12.5 Å². The van der Waals surface area contributed by atoms with Gasteiger partial charge in [0, 0.05) is 45.4 Å². The zero-order valence-electron chi connectivity index (χ0n) is 17.4. The quantitative estimate of drug-likeness (QED) is 0.618. The normalized spacial score (nSPS) is 16.0. The van der Waals surface area contributed by atoms with E-state index in [1.807, 2.05) is 49.4 Å². The molecule has 1 fully saturated rings. The molecule has 1 amide bonds. The molecule has 7 heteroatoms. The molecule has 2 heterocycles. The molecular formula is C23H30N4O3. The number of aliphatic hydroxyl groups excluding tert-OH is 1. The molecule has 2 aromatic rings. The van der Waals surface area contributed by atoms with Crippen LogP contribution in [0.5, 0.6) is 0 Å². The molecule has 1 aliphatic heterocycles. The fourth-order valence-electron chi connectivity index (χ4n) is 3.33. The SMILES string of the molecule is CCOC[C@@H](O)CN1CCN(c2ccc(NC(=O)/C=C/c3ccccc3)cn2)CC1. The van der Waals surface area contributed by atoms with Crippen LogP contribution in [0, 0.1) is 0 Å². The third kappa shape index (κ3) is 6.95. The van der Waals surface area contributed by atoms with Crippen LogP contribution in [0.2, 0.25) is 0 Å². The van der Waals surface area contributed by atoms with E-state index in [-0.39, 0.29) is 5.91 Å². The first-order chi connectivity index (χ1) is 14.6. The van der Waals surface area contributed by atoms with Crippen molar-refractivity contribution in [1.82, 2.24) is 9.88 Å². The van der Waals surface area contributed by atoms with E-state index in [0.717, 1.165) is 37.6 Å². The number of nitrogens with one attached hydrogen (secondary N) is 1. The van der Waals surface area contributed by atoms with Crippen molar-refractivity contribution in [1.29, 1.82) is 0 Å². The summed E-state index contributed by atoms with van der Waals surface area (Å²) in [5, 5.41) is 12.8. The van der Waals surface area contributed by atoms with Crippen LogP contribution in [0.25, 0.3) is 6.08 Å². The van der Waals surface area contributed by atoms with Crippen molar-refractivity contribution in [3.05, 3.63) is 60.3 Å². The Balaban J connectivity index is 1.44. The topological polar surface area (TPSA) is 77.9 Å². The van der Waals surface area contributed by atoms with E-state index >= 15 is 0 Å². The smallest absolute Gasteiger partial charge is 0.248 e. The lowest BCUT2D eigenvalue weighted by Gasteiger charge is -2.36. The fourth-order valence-corrected chi connectivity index (χ4v) is 3.33. The number of aromatic nitrogens is 1. The largest absolute Gasteiger partial charge is 0.389 e. The molecule has 0 saturated carbocycles. The van der Waals surface area contributed by atoms with Crippen molar-refractivity contribution in [2.24, 2.45) is 0 Å². The average molecular weight is 411 g/mol. The number of nitrogens with zero attached hydrogens (tertiary/aromatic N) is 3. The molecular weight excluding hydrogens is 380 g/mol. The summed E-state index contributed by atoms with van der Waals surface area (Å²) < 4.78 is 5.27. The van der Waals surface area contributed by atoms with Crippen LogP contribution in [0.3, 0.4) is 0 Å². The van der Waals surface area contributed by atoms with E-state index in [2.05, 4.69) is 20.1 Å². The van der Waals surface area contributed by atoms with Gasteiger partial charge >= 0.3 is 0 Å². The number of amides is 1. The van der Waals surface area contributed by atoms with Crippen molar-refractivity contribution >= 4 is 23.5 Å². The molecule has 0 unspecified atom stereocenters. The molecule has 0 radical (unpaired) electrons. The Morgan fingerprint density at radius 3 is 2.63 bits per heavy atom. The zero-order valence-corrected chi connectivity index (χ0v) is 17.4. The van der Waals surface area contributed by atoms with Crippen LogP contribution in [0.4, 0.5) is 11.5 Å². The summed E-state index contributed by atoms with van der Waals surface area (Å²) in [6, 6.07) is 13.5. The molecule has 0 aliphatic carbocycles. The number of benzene rings is 1. The molecule has 7 nitrogen and oxygen atoms in total. The van der Waals surface area contributed by atoms with Gasteiger partial charge in [-0.3, -0.25) is 9.69 Å². The second-order valence-electron chi connectivity index (χ2n) is 7.24. The summed E-state index contributed by atoms with van der Waals surface area (Å²) in [6.45, 7) is 6.99. The van der Waals surface area contributed by atoms with Crippen LogP contribution >= 0.6 is 0 Å². The van der Waals surface area contributed by atoms with Crippen molar-refractivity contribution in [2.45, 2.75) is 13.0 Å². The molecule has 1 aromatic heterocycles. The maximum atomic E-state index is 12.1. The van der Waals surface area contributed by atoms with E-state index in [1.54, 1.807) is 12.3 Å². The number of rotatable bonds is 9. The summed E-state index contributed by atoms with van der Waals surface area (Å²) in [7, 11) is 0. The van der Waals surface area contributed by atoms with Crippen molar-refractivity contribution in [3.63, 3.8) is 0 Å². The molecule has 30 heavy (non-hydrogen) atoms. The van der Waals surface area contributed by atoms with Gasteiger partial charge in [-0.1, -0.05) is 30.3 Å². The molecule has 2 N–H and O–H groups in total. The maximum Gasteiger partial charge on any atom is 0.248 e. The predicted molar refractivity (Wildman–Crippen MR) is 119 cm³/mol. The van der Waals surface area contributed by atoms with Gasteiger partial charge in [0.1, 0.15) is 5.82 Å². The third-order valence-electron chi connectivity index (χ3n) is 4.92. The lowest BCUT2D eigenvalue weighted by molar-refractivity contribution is -0.111. The second kappa shape index (κ2) is 11.4. The van der Waals surface area contributed by atoms with Gasteiger partial charge in [-0.05, 0) is 30.7 Å². The second-order valence-corrected chi connectivity index (χ2v) is 7.24. The monoisotopic (exact) mass is 410 g/mol. The number of anilines is 2. The third-order valence-corrected chi connectivity index (χ3v) is 4.92. The Morgan fingerprint density at radius 2 is 1.97 bits per heavy atom. The van der Waals surface area contributed by atoms with Gasteiger partial charge in [-0.2, -0.15) is 0 Å². The number of ether oxygens (including phenoxy) is 1. The van der Waals surface area contributed by atoms with E-state index < -0.39 is 6.10 Å². The van der Waals surface area contributed by atoms with Gasteiger partial charge in [0.05, 0.1) is 24.6 Å². The summed E-state index contributed by atoms with van der Waals surface area (Å²) in [4.78, 5) is 21.0. The number of hydrogen-bond acceptors (Lipinski definition) is 6. The number of hydrogen-bond donors (Lipinski definition) is 2. The number of pyridine rings is 1. The van der Waals surface area contributed by atoms with Gasteiger partial charge in [0.2, 0.25) is 5.91 Å². The van der Waals surface area contributed by atoms with Gasteiger partial charge in [0.25, 0.3) is 0 Å². The molecule has 1 aromatic carbocycles. The van der Waals surface area contributed by atoms with Crippen LogP contribution < -0.4 is 10.2 Å². The lowest BCUT2D eigenvalue weighted by Crippen LogP contribution is -2.49. The summed E-state index contributed by atoms with van der Waals surface area (Å²) >= 11 is 0. The Hall–Kier alpha value is -2.74. The lowest BCUT2D eigenvalue weighted by atomic mass is 10.2. The Morgan fingerprint density at radius 1 is 1.20 bits per heavy atom. The summed E-state index contributed by atoms with van der Waals surface area (Å²) in [5.74, 6) is 0.704. The van der Waals surface area contributed by atoms with Crippen molar-refractivity contribution in [3.8, 4) is 0 Å². The highest BCUT2D eigenvalue weighted by Gasteiger charge is 2.20. The highest BCUT2D eigenvalue weighted by Crippen LogP contribution is 2.16. The number of β-amino-alcohol motifs (C(OH)–C–C–N with tert-alkyl or cyclic N) is 1. The Labute approximate surface area is 178 Å². The van der Waals surface area contributed by atoms with Crippen LogP contribution in [-0.2, 0) is 9.53 Å². The first kappa shape index (κ1) is 22.0. The molecule has 160 valence electrons. The molecule has 0 bridgehead atoms. The van der Waals surface area contributed by atoms with Gasteiger partial charge in [-0.15, -0.1) is 0 Å². The van der Waals surface area contributed by atoms with Gasteiger partial charge in [0.15, 0.2) is 0 Å². The zero-order chi connectivity index (χ0) is 21.2. The molecule has 1 aliphatic rings. The van der Waals surface area contributed by atoms with Crippen LogP contribution in [0.15, 0.2) is 54.7 Å². The van der Waals surface area contributed by atoms with E-state index in [4.69, 9.17) is 4.74 Å². The minimum Gasteiger partial charge on any atom is -0.389 e. The predicted octanol–water partition coefficient (Wildman–Crippen LogP) is 2.25. The maximum absolute atomic E-state index is 12.1. The van der Waals surface area contributed by atoms with E-state index in [0.29, 0.717) is 25.4 Å². The highest BCUT2D eigenvalue weighted by atomic mass is 16.5. The summed E-state index contributed by atoms with van der Waals surface area (Å²) in [5.41, 5.74) is 1.64. The van der Waals surface area contributed by atoms with E-state index in [9.17, 15) is 9.90 Å².